The van der Waals surface area contributed by atoms with Gasteiger partial charge in [0, 0.05) is 24.4 Å². The van der Waals surface area contributed by atoms with Gasteiger partial charge in [0.25, 0.3) is 5.91 Å². The second-order valence-electron chi connectivity index (χ2n) is 4.87. The Labute approximate surface area is 108 Å². The summed E-state index contributed by atoms with van der Waals surface area (Å²) in [5, 5.41) is 2.96. The van der Waals surface area contributed by atoms with Crippen LogP contribution in [-0.4, -0.2) is 25.7 Å². The number of carbonyl (C=O) groups is 1. The first-order chi connectivity index (χ1) is 8.66. The van der Waals surface area contributed by atoms with E-state index in [9.17, 15) is 4.79 Å². The number of aryl methyl sites for hydroxylation is 1. The molecule has 0 aromatic heterocycles. The highest BCUT2D eigenvalue weighted by atomic mass is 16.5. The topological polar surface area (TPSA) is 64.4 Å². The van der Waals surface area contributed by atoms with E-state index >= 15 is 0 Å². The first kappa shape index (κ1) is 12.9. The molecule has 1 aromatic rings. The van der Waals surface area contributed by atoms with Crippen molar-refractivity contribution in [2.45, 2.75) is 19.8 Å². The minimum Gasteiger partial charge on any atom is -0.399 e. The number of hydrogen-bond donors (Lipinski definition) is 2. The Balaban J connectivity index is 1.92. The Hall–Kier alpha value is -1.55. The first-order valence-corrected chi connectivity index (χ1v) is 6.39. The van der Waals surface area contributed by atoms with E-state index in [-0.39, 0.29) is 5.91 Å². The lowest BCUT2D eigenvalue weighted by Gasteiger charge is -2.22. The third kappa shape index (κ3) is 3.23. The Kier molecular flexibility index (Phi) is 4.20. The van der Waals surface area contributed by atoms with Gasteiger partial charge in [-0.2, -0.15) is 0 Å². The maximum atomic E-state index is 12.1. The number of nitrogens with one attached hydrogen (secondary N) is 1. The van der Waals surface area contributed by atoms with Gasteiger partial charge in [0.05, 0.1) is 6.61 Å². The molecule has 0 radical (unpaired) electrons. The fourth-order valence-electron chi connectivity index (χ4n) is 2.18. The lowest BCUT2D eigenvalue weighted by atomic mass is 10.0. The number of carbonyl (C=O) groups excluding carboxylic acids is 1. The van der Waals surface area contributed by atoms with Crippen LogP contribution in [0.4, 0.5) is 5.69 Å². The van der Waals surface area contributed by atoms with Gasteiger partial charge in [-0.05, 0) is 43.4 Å². The number of ether oxygens (including phenoxy) is 1. The molecule has 1 unspecified atom stereocenters. The zero-order valence-electron chi connectivity index (χ0n) is 10.7. The van der Waals surface area contributed by atoms with Crippen LogP contribution in [0.3, 0.4) is 0 Å². The average molecular weight is 248 g/mol. The SMILES string of the molecule is Cc1ccc(N)cc1C(=O)NCC1CCCOC1. The standard InChI is InChI=1S/C14H20N2O2/c1-10-4-5-12(15)7-13(10)14(17)16-8-11-3-2-6-18-9-11/h4-5,7,11H,2-3,6,8-9,15H2,1H3,(H,16,17). The van der Waals surface area contributed by atoms with Crippen molar-refractivity contribution in [3.8, 4) is 0 Å². The summed E-state index contributed by atoms with van der Waals surface area (Å²) in [5.74, 6) is 0.384. The molecule has 0 spiro atoms. The van der Waals surface area contributed by atoms with Gasteiger partial charge in [-0.1, -0.05) is 6.07 Å². The molecular formula is C14H20N2O2. The van der Waals surface area contributed by atoms with E-state index in [1.165, 1.54) is 0 Å². The van der Waals surface area contributed by atoms with Crippen LogP contribution in [0.2, 0.25) is 0 Å². The lowest BCUT2D eigenvalue weighted by molar-refractivity contribution is 0.0536. The smallest absolute Gasteiger partial charge is 0.251 e. The van der Waals surface area contributed by atoms with Crippen LogP contribution in [0.1, 0.15) is 28.8 Å². The Bertz CT molecular complexity index is 426. The minimum absolute atomic E-state index is 0.0506. The molecule has 0 aliphatic carbocycles. The molecule has 1 fully saturated rings. The first-order valence-electron chi connectivity index (χ1n) is 6.39. The van der Waals surface area contributed by atoms with Gasteiger partial charge in [0.15, 0.2) is 0 Å². The summed E-state index contributed by atoms with van der Waals surface area (Å²) in [7, 11) is 0. The summed E-state index contributed by atoms with van der Waals surface area (Å²) in [6.07, 6.45) is 2.20. The van der Waals surface area contributed by atoms with Gasteiger partial charge in [-0.3, -0.25) is 4.79 Å². The molecule has 1 saturated heterocycles. The van der Waals surface area contributed by atoms with Crippen LogP contribution in [-0.2, 0) is 4.74 Å². The van der Waals surface area contributed by atoms with Crippen LogP contribution in [0.5, 0.6) is 0 Å². The van der Waals surface area contributed by atoms with Crippen LogP contribution >= 0.6 is 0 Å². The number of hydrogen-bond acceptors (Lipinski definition) is 3. The summed E-state index contributed by atoms with van der Waals surface area (Å²) < 4.78 is 5.39. The Morgan fingerprint density at radius 1 is 1.56 bits per heavy atom. The zero-order chi connectivity index (χ0) is 13.0. The second-order valence-corrected chi connectivity index (χ2v) is 4.87. The van der Waals surface area contributed by atoms with Gasteiger partial charge in [0.1, 0.15) is 0 Å². The molecule has 1 aliphatic heterocycles. The molecule has 4 nitrogen and oxygen atoms in total. The summed E-state index contributed by atoms with van der Waals surface area (Å²) in [6, 6.07) is 5.40. The number of nitrogens with two attached hydrogens (primary N) is 1. The number of anilines is 1. The number of benzene rings is 1. The van der Waals surface area contributed by atoms with E-state index in [1.807, 2.05) is 13.0 Å². The second kappa shape index (κ2) is 5.87. The molecule has 18 heavy (non-hydrogen) atoms. The molecule has 1 amide bonds. The minimum atomic E-state index is -0.0506. The maximum absolute atomic E-state index is 12.1. The van der Waals surface area contributed by atoms with E-state index in [1.54, 1.807) is 12.1 Å². The van der Waals surface area contributed by atoms with Crippen LogP contribution in [0.15, 0.2) is 18.2 Å². The summed E-state index contributed by atoms with van der Waals surface area (Å²) in [5.41, 5.74) is 7.93. The highest BCUT2D eigenvalue weighted by molar-refractivity contribution is 5.96. The molecule has 3 N–H and O–H groups in total. The average Bonchev–Trinajstić information content (AvgIpc) is 2.40. The van der Waals surface area contributed by atoms with E-state index in [2.05, 4.69) is 5.32 Å². The summed E-state index contributed by atoms with van der Waals surface area (Å²) in [6.45, 7) is 4.18. The molecule has 0 bridgehead atoms. The quantitative estimate of drug-likeness (QED) is 0.801. The molecule has 4 heteroatoms. The van der Waals surface area contributed by atoms with Gasteiger partial charge >= 0.3 is 0 Å². The zero-order valence-corrected chi connectivity index (χ0v) is 10.7. The van der Waals surface area contributed by atoms with E-state index in [4.69, 9.17) is 10.5 Å². The molecule has 0 saturated carbocycles. The van der Waals surface area contributed by atoms with E-state index in [0.29, 0.717) is 23.7 Å². The largest absolute Gasteiger partial charge is 0.399 e. The van der Waals surface area contributed by atoms with E-state index in [0.717, 1.165) is 31.6 Å². The maximum Gasteiger partial charge on any atom is 0.251 e. The summed E-state index contributed by atoms with van der Waals surface area (Å²) >= 11 is 0. The van der Waals surface area contributed by atoms with Gasteiger partial charge in [-0.25, -0.2) is 0 Å². The fraction of sp³-hybridized carbons (Fsp3) is 0.500. The van der Waals surface area contributed by atoms with Crippen LogP contribution in [0, 0.1) is 12.8 Å². The van der Waals surface area contributed by atoms with Crippen molar-refractivity contribution in [1.29, 1.82) is 0 Å². The van der Waals surface area contributed by atoms with Crippen molar-refractivity contribution >= 4 is 11.6 Å². The van der Waals surface area contributed by atoms with Gasteiger partial charge < -0.3 is 15.8 Å². The van der Waals surface area contributed by atoms with Crippen LogP contribution < -0.4 is 11.1 Å². The lowest BCUT2D eigenvalue weighted by Crippen LogP contribution is -2.33. The van der Waals surface area contributed by atoms with Crippen molar-refractivity contribution in [2.75, 3.05) is 25.5 Å². The third-order valence-electron chi connectivity index (χ3n) is 3.31. The third-order valence-corrected chi connectivity index (χ3v) is 3.31. The number of amides is 1. The van der Waals surface area contributed by atoms with Crippen molar-refractivity contribution in [1.82, 2.24) is 5.32 Å². The number of rotatable bonds is 3. The molecule has 1 heterocycles. The molecule has 1 aliphatic rings. The van der Waals surface area contributed by atoms with Gasteiger partial charge in [-0.15, -0.1) is 0 Å². The van der Waals surface area contributed by atoms with Crippen molar-refractivity contribution in [2.24, 2.45) is 5.92 Å². The molecular weight excluding hydrogens is 228 g/mol. The van der Waals surface area contributed by atoms with Crippen molar-refractivity contribution < 1.29 is 9.53 Å². The Morgan fingerprint density at radius 3 is 3.11 bits per heavy atom. The molecule has 2 rings (SSSR count). The predicted molar refractivity (Wildman–Crippen MR) is 71.5 cm³/mol. The monoisotopic (exact) mass is 248 g/mol. The van der Waals surface area contributed by atoms with E-state index < -0.39 is 0 Å². The number of nitrogen functional groups attached to an aromatic ring is 1. The van der Waals surface area contributed by atoms with Crippen molar-refractivity contribution in [3.05, 3.63) is 29.3 Å². The van der Waals surface area contributed by atoms with Crippen molar-refractivity contribution in [3.63, 3.8) is 0 Å². The molecule has 1 atom stereocenters. The highest BCUT2D eigenvalue weighted by Crippen LogP contribution is 2.14. The Morgan fingerprint density at radius 2 is 2.39 bits per heavy atom. The fourth-order valence-corrected chi connectivity index (χ4v) is 2.18. The van der Waals surface area contributed by atoms with Crippen LogP contribution in [0.25, 0.3) is 0 Å². The normalized spacial score (nSPS) is 19.5. The highest BCUT2D eigenvalue weighted by Gasteiger charge is 2.16. The molecule has 98 valence electrons. The molecule has 1 aromatic carbocycles. The summed E-state index contributed by atoms with van der Waals surface area (Å²) in [4.78, 5) is 12.1. The predicted octanol–water partition coefficient (Wildman–Crippen LogP) is 1.73. The van der Waals surface area contributed by atoms with Gasteiger partial charge in [0.2, 0.25) is 0 Å².